The molecule has 0 amide bonds. The topological polar surface area (TPSA) is 66.0 Å². The summed E-state index contributed by atoms with van der Waals surface area (Å²) in [4.78, 5) is 18.0. The summed E-state index contributed by atoms with van der Waals surface area (Å²) in [7, 11) is 0. The van der Waals surface area contributed by atoms with Crippen LogP contribution in [-0.4, -0.2) is 15.1 Å². The molecule has 0 fully saturated rings. The van der Waals surface area contributed by atoms with Crippen LogP contribution in [0.2, 0.25) is 0 Å². The highest BCUT2D eigenvalue weighted by molar-refractivity contribution is 9.10. The number of aromatic hydroxyl groups is 1. The molecule has 4 nitrogen and oxygen atoms in total. The minimum Gasteiger partial charge on any atom is -0.492 e. The molecule has 0 aliphatic rings. The molecule has 1 heterocycles. The zero-order valence-electron chi connectivity index (χ0n) is 10.1. The summed E-state index contributed by atoms with van der Waals surface area (Å²) in [6.07, 6.45) is 0. The number of hydrogen-bond acceptors (Lipinski definition) is 3. The van der Waals surface area contributed by atoms with Crippen molar-refractivity contribution >= 4 is 15.9 Å². The average Bonchev–Trinajstić information content (AvgIpc) is 2.35. The predicted octanol–water partition coefficient (Wildman–Crippen LogP) is 3.03. The summed E-state index contributed by atoms with van der Waals surface area (Å²) < 4.78 is 0.0463. The SMILES string of the molecule is CC(C)c1ccc(-c2nc(O)c(Br)c(=O)[nH]2)cc1. The zero-order chi connectivity index (χ0) is 13.3. The third-order valence-electron chi connectivity index (χ3n) is 2.70. The summed E-state index contributed by atoms with van der Waals surface area (Å²) in [6, 6.07) is 7.72. The van der Waals surface area contributed by atoms with Crippen molar-refractivity contribution in [3.05, 3.63) is 44.7 Å². The van der Waals surface area contributed by atoms with Gasteiger partial charge in [-0.05, 0) is 27.4 Å². The van der Waals surface area contributed by atoms with E-state index in [1.807, 2.05) is 24.3 Å². The first kappa shape index (κ1) is 12.8. The van der Waals surface area contributed by atoms with Gasteiger partial charge in [-0.25, -0.2) is 0 Å². The van der Waals surface area contributed by atoms with E-state index in [1.54, 1.807) is 0 Å². The fraction of sp³-hybridized carbons (Fsp3) is 0.231. The van der Waals surface area contributed by atoms with Crippen molar-refractivity contribution < 1.29 is 5.11 Å². The first-order valence-electron chi connectivity index (χ1n) is 5.58. The van der Waals surface area contributed by atoms with Gasteiger partial charge in [0.25, 0.3) is 5.56 Å². The van der Waals surface area contributed by atoms with E-state index in [0.29, 0.717) is 11.7 Å². The number of rotatable bonds is 2. The maximum absolute atomic E-state index is 11.5. The molecule has 0 atom stereocenters. The second kappa shape index (κ2) is 4.94. The smallest absolute Gasteiger partial charge is 0.269 e. The Balaban J connectivity index is 2.46. The highest BCUT2D eigenvalue weighted by Crippen LogP contribution is 2.22. The Morgan fingerprint density at radius 1 is 1.28 bits per heavy atom. The lowest BCUT2D eigenvalue weighted by molar-refractivity contribution is 0.448. The molecule has 0 saturated heterocycles. The second-order valence-corrected chi connectivity index (χ2v) is 5.12. The fourth-order valence-corrected chi connectivity index (χ4v) is 1.80. The molecule has 1 aromatic carbocycles. The lowest BCUT2D eigenvalue weighted by Gasteiger charge is -2.07. The number of hydrogen-bond donors (Lipinski definition) is 2. The first-order chi connectivity index (χ1) is 8.49. The number of nitrogens with zero attached hydrogens (tertiary/aromatic N) is 1. The molecule has 5 heteroatoms. The van der Waals surface area contributed by atoms with Crippen LogP contribution in [0.1, 0.15) is 25.3 Å². The number of aromatic amines is 1. The van der Waals surface area contributed by atoms with E-state index >= 15 is 0 Å². The summed E-state index contributed by atoms with van der Waals surface area (Å²) >= 11 is 2.96. The van der Waals surface area contributed by atoms with Crippen LogP contribution >= 0.6 is 15.9 Å². The summed E-state index contributed by atoms with van der Waals surface area (Å²) in [5.41, 5.74) is 1.58. The standard InChI is InChI=1S/C13H13BrN2O2/c1-7(2)8-3-5-9(6-4-8)11-15-12(17)10(14)13(18)16-11/h3-7H,1-2H3,(H2,15,16,17,18). The molecule has 0 spiro atoms. The molecule has 94 valence electrons. The normalized spacial score (nSPS) is 10.9. The van der Waals surface area contributed by atoms with Gasteiger partial charge in [-0.15, -0.1) is 0 Å². The summed E-state index contributed by atoms with van der Waals surface area (Å²) in [5.74, 6) is 0.502. The van der Waals surface area contributed by atoms with Crippen LogP contribution in [0.15, 0.2) is 33.5 Å². The highest BCUT2D eigenvalue weighted by atomic mass is 79.9. The number of H-pyrrole nitrogens is 1. The maximum atomic E-state index is 11.5. The molecule has 2 aromatic rings. The molecular formula is C13H13BrN2O2. The van der Waals surface area contributed by atoms with Crippen molar-refractivity contribution in [2.24, 2.45) is 0 Å². The summed E-state index contributed by atoms with van der Waals surface area (Å²) in [5, 5.41) is 9.51. The van der Waals surface area contributed by atoms with Crippen molar-refractivity contribution in [1.29, 1.82) is 0 Å². The second-order valence-electron chi connectivity index (χ2n) is 4.33. The van der Waals surface area contributed by atoms with E-state index in [-0.39, 0.29) is 10.4 Å². The molecule has 0 aliphatic carbocycles. The lowest BCUT2D eigenvalue weighted by Crippen LogP contribution is -2.09. The molecule has 18 heavy (non-hydrogen) atoms. The number of halogens is 1. The van der Waals surface area contributed by atoms with Crippen molar-refractivity contribution in [1.82, 2.24) is 9.97 Å². The molecule has 0 aliphatic heterocycles. The maximum Gasteiger partial charge on any atom is 0.269 e. The molecule has 0 bridgehead atoms. The van der Waals surface area contributed by atoms with Gasteiger partial charge < -0.3 is 10.1 Å². The Labute approximate surface area is 113 Å². The largest absolute Gasteiger partial charge is 0.492 e. The number of aromatic nitrogens is 2. The van der Waals surface area contributed by atoms with Gasteiger partial charge in [0.15, 0.2) is 0 Å². The van der Waals surface area contributed by atoms with Crippen LogP contribution in [0.5, 0.6) is 5.88 Å². The van der Waals surface area contributed by atoms with Gasteiger partial charge in [0.05, 0.1) is 0 Å². The highest BCUT2D eigenvalue weighted by Gasteiger charge is 2.09. The molecule has 2 rings (SSSR count). The van der Waals surface area contributed by atoms with Crippen LogP contribution in [0, 0.1) is 0 Å². The van der Waals surface area contributed by atoms with Gasteiger partial charge in [-0.1, -0.05) is 38.1 Å². The van der Waals surface area contributed by atoms with Gasteiger partial charge in [-0.2, -0.15) is 4.98 Å². The van der Waals surface area contributed by atoms with Gasteiger partial charge in [-0.3, -0.25) is 4.79 Å². The van der Waals surface area contributed by atoms with E-state index in [0.717, 1.165) is 5.56 Å². The molecule has 0 radical (unpaired) electrons. The minimum absolute atomic E-state index is 0.0463. The lowest BCUT2D eigenvalue weighted by atomic mass is 10.0. The predicted molar refractivity (Wildman–Crippen MR) is 73.7 cm³/mol. The minimum atomic E-state index is -0.398. The Bertz CT molecular complexity index is 618. The Morgan fingerprint density at radius 3 is 2.39 bits per heavy atom. The Hall–Kier alpha value is -1.62. The molecular weight excluding hydrogens is 296 g/mol. The van der Waals surface area contributed by atoms with Gasteiger partial charge in [0, 0.05) is 5.56 Å². The third kappa shape index (κ3) is 2.46. The van der Waals surface area contributed by atoms with Crippen LogP contribution < -0.4 is 5.56 Å². The Kier molecular flexibility index (Phi) is 3.52. The van der Waals surface area contributed by atoms with Crippen molar-refractivity contribution in [2.75, 3.05) is 0 Å². The van der Waals surface area contributed by atoms with E-state index in [9.17, 15) is 9.90 Å². The van der Waals surface area contributed by atoms with Crippen LogP contribution in [0.25, 0.3) is 11.4 Å². The fourth-order valence-electron chi connectivity index (χ4n) is 1.61. The van der Waals surface area contributed by atoms with Crippen LogP contribution in [-0.2, 0) is 0 Å². The monoisotopic (exact) mass is 308 g/mol. The van der Waals surface area contributed by atoms with Crippen molar-refractivity contribution in [3.8, 4) is 17.3 Å². The molecule has 0 unspecified atom stereocenters. The third-order valence-corrected chi connectivity index (χ3v) is 3.41. The number of nitrogens with one attached hydrogen (secondary N) is 1. The molecule has 2 N–H and O–H groups in total. The van der Waals surface area contributed by atoms with E-state index < -0.39 is 5.56 Å². The Morgan fingerprint density at radius 2 is 1.89 bits per heavy atom. The van der Waals surface area contributed by atoms with Crippen molar-refractivity contribution in [2.45, 2.75) is 19.8 Å². The van der Waals surface area contributed by atoms with E-state index in [4.69, 9.17) is 0 Å². The zero-order valence-corrected chi connectivity index (χ0v) is 11.7. The summed E-state index contributed by atoms with van der Waals surface area (Å²) in [6.45, 7) is 4.22. The van der Waals surface area contributed by atoms with E-state index in [1.165, 1.54) is 5.56 Å². The molecule has 1 aromatic heterocycles. The van der Waals surface area contributed by atoms with Crippen molar-refractivity contribution in [3.63, 3.8) is 0 Å². The average molecular weight is 309 g/mol. The van der Waals surface area contributed by atoms with Crippen LogP contribution in [0.3, 0.4) is 0 Å². The first-order valence-corrected chi connectivity index (χ1v) is 6.37. The molecule has 0 saturated carbocycles. The quantitative estimate of drug-likeness (QED) is 0.896. The van der Waals surface area contributed by atoms with Crippen LogP contribution in [0.4, 0.5) is 0 Å². The van der Waals surface area contributed by atoms with Gasteiger partial charge in [0.1, 0.15) is 10.3 Å². The number of benzene rings is 1. The van der Waals surface area contributed by atoms with Gasteiger partial charge >= 0.3 is 0 Å². The van der Waals surface area contributed by atoms with Gasteiger partial charge in [0.2, 0.25) is 5.88 Å². The van der Waals surface area contributed by atoms with E-state index in [2.05, 4.69) is 39.7 Å².